The van der Waals surface area contributed by atoms with E-state index in [1.807, 2.05) is 19.9 Å². The maximum atomic E-state index is 12.8. The van der Waals surface area contributed by atoms with Crippen molar-refractivity contribution in [2.75, 3.05) is 6.26 Å². The number of aromatic nitrogens is 3. The first-order valence-corrected chi connectivity index (χ1v) is 9.47. The monoisotopic (exact) mass is 356 g/mol. The van der Waals surface area contributed by atoms with Gasteiger partial charge in [-0.2, -0.15) is 14.9 Å². The third-order valence-corrected chi connectivity index (χ3v) is 5.06. The summed E-state index contributed by atoms with van der Waals surface area (Å²) in [6.07, 6.45) is 2.46. The van der Waals surface area contributed by atoms with Crippen LogP contribution in [0.5, 0.6) is 0 Å². The largest absolute Gasteiger partial charge is 0.338 e. The fourth-order valence-corrected chi connectivity index (χ4v) is 3.42. The molecule has 0 spiro atoms. The van der Waals surface area contributed by atoms with Gasteiger partial charge in [-0.05, 0) is 23.6 Å². The van der Waals surface area contributed by atoms with Crippen LogP contribution < -0.4 is 5.56 Å². The molecule has 0 radical (unpaired) electrons. The van der Waals surface area contributed by atoms with Gasteiger partial charge in [0.2, 0.25) is 0 Å². The van der Waals surface area contributed by atoms with Crippen LogP contribution in [0.25, 0.3) is 16.9 Å². The summed E-state index contributed by atoms with van der Waals surface area (Å²) in [4.78, 5) is 16.1. The maximum absolute atomic E-state index is 12.8. The fourth-order valence-electron chi connectivity index (χ4n) is 2.76. The van der Waals surface area contributed by atoms with Crippen molar-refractivity contribution in [1.82, 2.24) is 14.6 Å². The molecule has 0 saturated carbocycles. The van der Waals surface area contributed by atoms with Gasteiger partial charge in [0.25, 0.3) is 5.56 Å². The molecule has 1 N–H and O–H groups in total. The van der Waals surface area contributed by atoms with Crippen LogP contribution in [0.3, 0.4) is 0 Å². The molecule has 128 valence electrons. The number of fused-ring (bicyclic) bond motifs is 1. The molecule has 0 unspecified atom stereocenters. The van der Waals surface area contributed by atoms with E-state index < -0.39 is 9.84 Å². The van der Waals surface area contributed by atoms with Crippen molar-refractivity contribution < 1.29 is 8.42 Å². The Labute approximate surface area is 144 Å². The Morgan fingerprint density at radius 3 is 2.64 bits per heavy atom. The summed E-state index contributed by atoms with van der Waals surface area (Å²) in [5.74, 6) is -0.125. The lowest BCUT2D eigenvalue weighted by atomic mass is 9.98. The van der Waals surface area contributed by atoms with Gasteiger partial charge in [-0.1, -0.05) is 26.0 Å². The van der Waals surface area contributed by atoms with E-state index in [9.17, 15) is 18.5 Å². The van der Waals surface area contributed by atoms with Crippen LogP contribution in [0, 0.1) is 11.3 Å². The zero-order valence-corrected chi connectivity index (χ0v) is 14.8. The fraction of sp³-hybridized carbons (Fsp3) is 0.235. The first kappa shape index (κ1) is 16.9. The van der Waals surface area contributed by atoms with Crippen molar-refractivity contribution >= 4 is 15.5 Å². The van der Waals surface area contributed by atoms with Gasteiger partial charge in [0.05, 0.1) is 16.8 Å². The second kappa shape index (κ2) is 5.86. The lowest BCUT2D eigenvalue weighted by Crippen LogP contribution is -2.22. The van der Waals surface area contributed by atoms with Gasteiger partial charge in [0.1, 0.15) is 11.6 Å². The number of sulfone groups is 1. The number of H-pyrrole nitrogens is 1. The van der Waals surface area contributed by atoms with Crippen LogP contribution in [0.1, 0.15) is 30.9 Å². The summed E-state index contributed by atoms with van der Waals surface area (Å²) in [7, 11) is -3.38. The lowest BCUT2D eigenvalue weighted by molar-refractivity contribution is 0.602. The van der Waals surface area contributed by atoms with Crippen LogP contribution >= 0.6 is 0 Å². The molecule has 0 aliphatic carbocycles. The zero-order chi connectivity index (χ0) is 18.4. The summed E-state index contributed by atoms with van der Waals surface area (Å²) in [5.41, 5.74) is 1.74. The maximum Gasteiger partial charge on any atom is 0.278 e. The molecule has 7 nitrogen and oxygen atoms in total. The normalized spacial score (nSPS) is 11.8. The highest BCUT2D eigenvalue weighted by atomic mass is 32.2. The highest BCUT2D eigenvalue weighted by molar-refractivity contribution is 7.90. The van der Waals surface area contributed by atoms with E-state index >= 15 is 0 Å². The summed E-state index contributed by atoms with van der Waals surface area (Å²) in [5, 5.41) is 13.2. The van der Waals surface area contributed by atoms with Gasteiger partial charge in [-0.25, -0.2) is 8.42 Å². The molecular weight excluding hydrogens is 340 g/mol. The van der Waals surface area contributed by atoms with Crippen LogP contribution in [0.2, 0.25) is 0 Å². The molecular formula is C17H16N4O3S. The predicted molar refractivity (Wildman–Crippen MR) is 93.2 cm³/mol. The van der Waals surface area contributed by atoms with Crippen molar-refractivity contribution in [1.29, 1.82) is 5.26 Å². The second-order valence-electron chi connectivity index (χ2n) is 6.10. The minimum Gasteiger partial charge on any atom is -0.338 e. The van der Waals surface area contributed by atoms with Crippen LogP contribution in [-0.4, -0.2) is 29.3 Å². The molecule has 2 aromatic heterocycles. The number of aromatic amines is 1. The number of hydrogen-bond donors (Lipinski definition) is 1. The summed E-state index contributed by atoms with van der Waals surface area (Å²) in [6, 6.07) is 8.37. The van der Waals surface area contributed by atoms with E-state index in [1.165, 1.54) is 18.3 Å². The van der Waals surface area contributed by atoms with Gasteiger partial charge in [-0.3, -0.25) is 4.79 Å². The second-order valence-corrected chi connectivity index (χ2v) is 8.12. The Bertz CT molecular complexity index is 1180. The number of rotatable bonds is 3. The molecule has 1 aromatic carbocycles. The highest BCUT2D eigenvalue weighted by Crippen LogP contribution is 2.27. The van der Waals surface area contributed by atoms with E-state index in [0.717, 1.165) is 10.8 Å². The lowest BCUT2D eigenvalue weighted by Gasteiger charge is -2.13. The predicted octanol–water partition coefficient (Wildman–Crippen LogP) is 2.09. The molecule has 25 heavy (non-hydrogen) atoms. The standard InChI is InChI=1S/C17H16N4O3S/c1-10(2)14-15(11-5-4-6-13(7-11)25(3,23)24)20-16-12(8-18)9-19-21(16)17(14)22/h4-7,9-10,20H,1-3H3. The third-order valence-electron chi connectivity index (χ3n) is 3.95. The molecule has 0 bridgehead atoms. The SMILES string of the molecule is CC(C)c1c(-c2cccc(S(C)(=O)=O)c2)[nH]c2c(C#N)cnn2c1=O. The minimum absolute atomic E-state index is 0.125. The molecule has 0 fully saturated rings. The molecule has 0 atom stereocenters. The molecule has 3 rings (SSSR count). The van der Waals surface area contributed by atoms with E-state index in [1.54, 1.807) is 12.1 Å². The van der Waals surface area contributed by atoms with Crippen molar-refractivity contribution in [3.05, 3.63) is 51.9 Å². The highest BCUT2D eigenvalue weighted by Gasteiger charge is 2.20. The number of hydrogen-bond acceptors (Lipinski definition) is 5. The molecule has 8 heteroatoms. The van der Waals surface area contributed by atoms with Gasteiger partial charge >= 0.3 is 0 Å². The van der Waals surface area contributed by atoms with E-state index in [2.05, 4.69) is 10.1 Å². The Hall–Kier alpha value is -2.92. The Morgan fingerprint density at radius 2 is 2.04 bits per heavy atom. The number of nitriles is 1. The van der Waals surface area contributed by atoms with E-state index in [-0.39, 0.29) is 27.6 Å². The third kappa shape index (κ3) is 2.83. The summed E-state index contributed by atoms with van der Waals surface area (Å²) >= 11 is 0. The summed E-state index contributed by atoms with van der Waals surface area (Å²) < 4.78 is 24.9. The van der Waals surface area contributed by atoms with Crippen molar-refractivity contribution in [2.45, 2.75) is 24.7 Å². The average Bonchev–Trinajstić information content (AvgIpc) is 2.97. The van der Waals surface area contributed by atoms with Crippen molar-refractivity contribution in [2.24, 2.45) is 0 Å². The topological polar surface area (TPSA) is 108 Å². The van der Waals surface area contributed by atoms with Gasteiger partial charge in [0.15, 0.2) is 15.5 Å². The molecule has 2 heterocycles. The molecule has 0 aliphatic heterocycles. The molecule has 0 aliphatic rings. The van der Waals surface area contributed by atoms with Crippen LogP contribution in [0.4, 0.5) is 0 Å². The summed E-state index contributed by atoms with van der Waals surface area (Å²) in [6.45, 7) is 3.74. The number of benzene rings is 1. The quantitative estimate of drug-likeness (QED) is 0.773. The van der Waals surface area contributed by atoms with Crippen LogP contribution in [0.15, 0.2) is 40.2 Å². The molecule has 0 saturated heterocycles. The number of nitrogens with zero attached hydrogens (tertiary/aromatic N) is 3. The Kier molecular flexibility index (Phi) is 3.97. The van der Waals surface area contributed by atoms with E-state index in [4.69, 9.17) is 0 Å². The van der Waals surface area contributed by atoms with Gasteiger partial charge < -0.3 is 4.98 Å². The average molecular weight is 356 g/mol. The first-order valence-electron chi connectivity index (χ1n) is 7.58. The van der Waals surface area contributed by atoms with Crippen molar-refractivity contribution in [3.8, 4) is 17.3 Å². The minimum atomic E-state index is -3.38. The smallest absolute Gasteiger partial charge is 0.278 e. The zero-order valence-electron chi connectivity index (χ0n) is 13.9. The first-order chi connectivity index (χ1) is 11.7. The van der Waals surface area contributed by atoms with Gasteiger partial charge in [0, 0.05) is 11.8 Å². The van der Waals surface area contributed by atoms with Crippen LogP contribution in [-0.2, 0) is 9.84 Å². The van der Waals surface area contributed by atoms with Gasteiger partial charge in [-0.15, -0.1) is 0 Å². The Morgan fingerprint density at radius 1 is 1.32 bits per heavy atom. The van der Waals surface area contributed by atoms with E-state index in [0.29, 0.717) is 16.8 Å². The van der Waals surface area contributed by atoms with Crippen molar-refractivity contribution in [3.63, 3.8) is 0 Å². The Balaban J connectivity index is 2.41. The molecule has 0 amide bonds. The number of nitrogens with one attached hydrogen (secondary N) is 1. The molecule has 3 aromatic rings.